The summed E-state index contributed by atoms with van der Waals surface area (Å²) >= 11 is 4.98. The average molecular weight is 259 g/mol. The van der Waals surface area contributed by atoms with E-state index in [0.717, 1.165) is 0 Å². The van der Waals surface area contributed by atoms with Crippen LogP contribution >= 0.6 is 12.2 Å². The van der Waals surface area contributed by atoms with Gasteiger partial charge in [-0.25, -0.2) is 4.98 Å². The number of rotatable bonds is 2. The van der Waals surface area contributed by atoms with Crippen molar-refractivity contribution in [2.75, 3.05) is 12.3 Å². The molecule has 0 radical (unpaired) electrons. The molecule has 0 amide bonds. The third-order valence-corrected chi connectivity index (χ3v) is 2.94. The first-order valence-corrected chi connectivity index (χ1v) is 5.42. The fourth-order valence-electron chi connectivity index (χ4n) is 1.73. The molecule has 0 bridgehead atoms. The second-order valence-corrected chi connectivity index (χ2v) is 4.14. The van der Waals surface area contributed by atoms with Crippen molar-refractivity contribution >= 4 is 18.0 Å². The molecule has 5 N–H and O–H groups in total. The smallest absolute Gasteiger partial charge is 0.203 e. The molecule has 0 saturated carbocycles. The Labute approximate surface area is 102 Å². The summed E-state index contributed by atoms with van der Waals surface area (Å²) in [6.07, 6.45) is -2.53. The van der Waals surface area contributed by atoms with Gasteiger partial charge in [0.05, 0.1) is 6.61 Å². The maximum absolute atomic E-state index is 9.79. The molecule has 94 valence electrons. The van der Waals surface area contributed by atoms with Gasteiger partial charge >= 0.3 is 0 Å². The molecule has 0 spiro atoms. The SMILES string of the molecule is Nc1ccn([C@@H]2O[C@H](CO)C(O)[C@@H]2O)c(=S)n1. The molecule has 1 aromatic heterocycles. The number of nitrogens with two attached hydrogens (primary N) is 1. The lowest BCUT2D eigenvalue weighted by Gasteiger charge is -2.18. The quantitative estimate of drug-likeness (QED) is 0.494. The summed E-state index contributed by atoms with van der Waals surface area (Å²) < 4.78 is 6.83. The van der Waals surface area contributed by atoms with Gasteiger partial charge in [-0.05, 0) is 18.3 Å². The van der Waals surface area contributed by atoms with Crippen LogP contribution < -0.4 is 5.73 Å². The molecule has 2 heterocycles. The molecular weight excluding hydrogens is 246 g/mol. The van der Waals surface area contributed by atoms with Gasteiger partial charge in [-0.15, -0.1) is 0 Å². The largest absolute Gasteiger partial charge is 0.394 e. The Kier molecular flexibility index (Phi) is 3.40. The highest BCUT2D eigenvalue weighted by Gasteiger charge is 2.43. The third kappa shape index (κ3) is 2.17. The lowest BCUT2D eigenvalue weighted by Crippen LogP contribution is -2.33. The standard InChI is InChI=1S/C9H13N3O4S/c10-5-1-2-12(9(17)11-5)8-7(15)6(14)4(3-13)16-8/h1-2,4,6-8,13-15H,3H2,(H2,10,11,17)/t4-,6?,7+,8-/m1/s1. The van der Waals surface area contributed by atoms with Crippen LogP contribution in [0, 0.1) is 4.77 Å². The van der Waals surface area contributed by atoms with E-state index in [4.69, 9.17) is 27.8 Å². The van der Waals surface area contributed by atoms with Crippen molar-refractivity contribution in [3.63, 3.8) is 0 Å². The summed E-state index contributed by atoms with van der Waals surface area (Å²) in [5.74, 6) is 0.262. The van der Waals surface area contributed by atoms with Crippen molar-refractivity contribution in [1.29, 1.82) is 0 Å². The third-order valence-electron chi connectivity index (χ3n) is 2.64. The monoisotopic (exact) mass is 259 g/mol. The number of anilines is 1. The summed E-state index contributed by atoms with van der Waals surface area (Å²) in [4.78, 5) is 3.85. The van der Waals surface area contributed by atoms with E-state index in [1.807, 2.05) is 0 Å². The van der Waals surface area contributed by atoms with Crippen LogP contribution in [0.15, 0.2) is 12.3 Å². The van der Waals surface area contributed by atoms with Gasteiger partial charge in [0.15, 0.2) is 6.23 Å². The molecule has 1 aromatic rings. The van der Waals surface area contributed by atoms with E-state index in [1.54, 1.807) is 0 Å². The van der Waals surface area contributed by atoms with E-state index in [1.165, 1.54) is 16.8 Å². The molecule has 0 aliphatic carbocycles. The van der Waals surface area contributed by atoms with Gasteiger partial charge in [-0.1, -0.05) is 0 Å². The van der Waals surface area contributed by atoms with E-state index in [-0.39, 0.29) is 17.2 Å². The number of hydrogen-bond donors (Lipinski definition) is 4. The predicted molar refractivity (Wildman–Crippen MR) is 60.5 cm³/mol. The van der Waals surface area contributed by atoms with Crippen molar-refractivity contribution in [3.05, 3.63) is 17.0 Å². The Morgan fingerprint density at radius 3 is 2.71 bits per heavy atom. The number of nitrogens with zero attached hydrogens (tertiary/aromatic N) is 2. The Hall–Kier alpha value is -1.06. The lowest BCUT2D eigenvalue weighted by atomic mass is 10.1. The van der Waals surface area contributed by atoms with Crippen molar-refractivity contribution in [3.8, 4) is 0 Å². The summed E-state index contributed by atoms with van der Waals surface area (Å²) in [5, 5.41) is 28.4. The normalized spacial score (nSPS) is 32.9. The Bertz CT molecular complexity index is 466. The highest BCUT2D eigenvalue weighted by Crippen LogP contribution is 2.29. The molecule has 2 rings (SSSR count). The van der Waals surface area contributed by atoms with Crippen LogP contribution in [0.1, 0.15) is 6.23 Å². The molecule has 1 saturated heterocycles. The van der Waals surface area contributed by atoms with E-state index in [0.29, 0.717) is 0 Å². The summed E-state index contributed by atoms with van der Waals surface area (Å²) in [6, 6.07) is 1.50. The zero-order chi connectivity index (χ0) is 12.6. The van der Waals surface area contributed by atoms with Gasteiger partial charge < -0.3 is 25.8 Å². The van der Waals surface area contributed by atoms with E-state index >= 15 is 0 Å². The first-order chi connectivity index (χ1) is 8.04. The zero-order valence-electron chi connectivity index (χ0n) is 8.80. The van der Waals surface area contributed by atoms with Crippen molar-refractivity contribution in [1.82, 2.24) is 9.55 Å². The fourth-order valence-corrected chi connectivity index (χ4v) is 2.00. The molecule has 1 aliphatic heterocycles. The van der Waals surface area contributed by atoms with Gasteiger partial charge in [-0.2, -0.15) is 0 Å². The topological polar surface area (TPSA) is 114 Å². The van der Waals surface area contributed by atoms with Crippen LogP contribution in [-0.2, 0) is 4.74 Å². The molecule has 7 nitrogen and oxygen atoms in total. The number of nitrogen functional groups attached to an aromatic ring is 1. The second kappa shape index (κ2) is 4.67. The van der Waals surface area contributed by atoms with Gasteiger partial charge in [0, 0.05) is 6.20 Å². The van der Waals surface area contributed by atoms with Crippen LogP contribution in [-0.4, -0.2) is 49.8 Å². The van der Waals surface area contributed by atoms with Gasteiger partial charge in [-0.3, -0.25) is 4.57 Å². The minimum absolute atomic E-state index is 0.139. The van der Waals surface area contributed by atoms with Crippen LogP contribution in [0.4, 0.5) is 5.82 Å². The molecule has 0 aromatic carbocycles. The average Bonchev–Trinajstić information content (AvgIpc) is 2.57. The maximum atomic E-state index is 9.79. The first kappa shape index (κ1) is 12.4. The van der Waals surface area contributed by atoms with Crippen LogP contribution in [0.3, 0.4) is 0 Å². The minimum atomic E-state index is -1.18. The van der Waals surface area contributed by atoms with Crippen LogP contribution in [0.5, 0.6) is 0 Å². The first-order valence-electron chi connectivity index (χ1n) is 5.01. The van der Waals surface area contributed by atoms with E-state index in [9.17, 15) is 10.2 Å². The highest BCUT2D eigenvalue weighted by molar-refractivity contribution is 7.71. The number of hydrogen-bond acceptors (Lipinski definition) is 7. The Balaban J connectivity index is 2.32. The Morgan fingerprint density at radius 1 is 1.47 bits per heavy atom. The number of aliphatic hydroxyl groups is 3. The summed E-state index contributed by atoms with van der Waals surface area (Å²) in [6.45, 7) is -0.384. The Morgan fingerprint density at radius 2 is 2.18 bits per heavy atom. The summed E-state index contributed by atoms with van der Waals surface area (Å²) in [7, 11) is 0. The molecule has 17 heavy (non-hydrogen) atoms. The molecule has 8 heteroatoms. The molecule has 1 fully saturated rings. The number of aliphatic hydroxyl groups excluding tert-OH is 3. The predicted octanol–water partition coefficient (Wildman–Crippen LogP) is -1.19. The molecule has 1 aliphatic rings. The van der Waals surface area contributed by atoms with Crippen LogP contribution in [0.25, 0.3) is 0 Å². The second-order valence-electron chi connectivity index (χ2n) is 3.77. The van der Waals surface area contributed by atoms with Crippen molar-refractivity contribution < 1.29 is 20.1 Å². The van der Waals surface area contributed by atoms with Gasteiger partial charge in [0.1, 0.15) is 24.1 Å². The van der Waals surface area contributed by atoms with Crippen molar-refractivity contribution in [2.24, 2.45) is 0 Å². The van der Waals surface area contributed by atoms with Crippen molar-refractivity contribution in [2.45, 2.75) is 24.5 Å². The number of aromatic nitrogens is 2. The molecule has 1 unspecified atom stereocenters. The molecule has 4 atom stereocenters. The van der Waals surface area contributed by atoms with Crippen LogP contribution in [0.2, 0.25) is 0 Å². The highest BCUT2D eigenvalue weighted by atomic mass is 32.1. The summed E-state index contributed by atoms with van der Waals surface area (Å²) in [5.41, 5.74) is 5.46. The van der Waals surface area contributed by atoms with E-state index < -0.39 is 24.5 Å². The van der Waals surface area contributed by atoms with Gasteiger partial charge in [0.25, 0.3) is 0 Å². The lowest BCUT2D eigenvalue weighted by molar-refractivity contribution is -0.0540. The van der Waals surface area contributed by atoms with Gasteiger partial charge in [0.2, 0.25) is 4.77 Å². The number of ether oxygens (including phenoxy) is 1. The maximum Gasteiger partial charge on any atom is 0.203 e. The minimum Gasteiger partial charge on any atom is -0.394 e. The molecular formula is C9H13N3O4S. The van der Waals surface area contributed by atoms with E-state index in [2.05, 4.69) is 4.98 Å². The zero-order valence-corrected chi connectivity index (χ0v) is 9.62. The fraction of sp³-hybridized carbons (Fsp3) is 0.556.